The number of ether oxygens (including phenoxy) is 1. The fourth-order valence-electron chi connectivity index (χ4n) is 1.54. The standard InChI is InChI=1S/C12H12N4O3/c13-11(10(16-14)12(17)18)19-9-2-1-7-3-4-15-6-8(7)5-9/h1-6,16H,13-14H2,(H,17,18)/b11-10+. The van der Waals surface area contributed by atoms with Crippen LogP contribution in [0.5, 0.6) is 5.75 Å². The molecule has 0 atom stereocenters. The Balaban J connectivity index is 2.33. The highest BCUT2D eigenvalue weighted by Crippen LogP contribution is 2.20. The zero-order valence-electron chi connectivity index (χ0n) is 9.83. The van der Waals surface area contributed by atoms with E-state index in [0.29, 0.717) is 5.75 Å². The molecule has 0 unspecified atom stereocenters. The number of pyridine rings is 1. The molecule has 0 amide bonds. The lowest BCUT2D eigenvalue weighted by molar-refractivity contribution is -0.133. The summed E-state index contributed by atoms with van der Waals surface area (Å²) in [6.07, 6.45) is 3.35. The van der Waals surface area contributed by atoms with E-state index >= 15 is 0 Å². The molecule has 1 heterocycles. The molecule has 0 aliphatic heterocycles. The van der Waals surface area contributed by atoms with Crippen molar-refractivity contribution in [3.63, 3.8) is 0 Å². The van der Waals surface area contributed by atoms with Crippen LogP contribution in [0.2, 0.25) is 0 Å². The average molecular weight is 260 g/mol. The van der Waals surface area contributed by atoms with Crippen LogP contribution in [0.1, 0.15) is 0 Å². The van der Waals surface area contributed by atoms with Crippen molar-refractivity contribution in [2.75, 3.05) is 0 Å². The molecule has 1 aromatic heterocycles. The van der Waals surface area contributed by atoms with Gasteiger partial charge in [-0.05, 0) is 23.6 Å². The number of aromatic nitrogens is 1. The van der Waals surface area contributed by atoms with Crippen molar-refractivity contribution in [3.8, 4) is 5.75 Å². The van der Waals surface area contributed by atoms with Crippen LogP contribution in [0.25, 0.3) is 10.8 Å². The molecule has 7 nitrogen and oxygen atoms in total. The van der Waals surface area contributed by atoms with Crippen LogP contribution < -0.4 is 21.7 Å². The molecule has 6 N–H and O–H groups in total. The number of hydrogen-bond donors (Lipinski definition) is 4. The van der Waals surface area contributed by atoms with Crippen LogP contribution in [0.15, 0.2) is 48.2 Å². The van der Waals surface area contributed by atoms with Crippen molar-refractivity contribution in [2.24, 2.45) is 11.6 Å². The summed E-state index contributed by atoms with van der Waals surface area (Å²) in [5, 5.41) is 10.7. The summed E-state index contributed by atoms with van der Waals surface area (Å²) in [6, 6.07) is 7.04. The summed E-state index contributed by atoms with van der Waals surface area (Å²) in [5.74, 6) is 3.83. The molecule has 0 aliphatic carbocycles. The van der Waals surface area contributed by atoms with Gasteiger partial charge in [0, 0.05) is 17.8 Å². The molecule has 0 spiro atoms. The maximum absolute atomic E-state index is 10.8. The highest BCUT2D eigenvalue weighted by Gasteiger charge is 2.12. The first-order valence-corrected chi connectivity index (χ1v) is 5.33. The summed E-state index contributed by atoms with van der Waals surface area (Å²) in [5.41, 5.74) is 7.09. The average Bonchev–Trinajstić information content (AvgIpc) is 2.39. The second-order valence-electron chi connectivity index (χ2n) is 3.68. The van der Waals surface area contributed by atoms with Crippen molar-refractivity contribution < 1.29 is 14.6 Å². The Morgan fingerprint density at radius 2 is 2.11 bits per heavy atom. The van der Waals surface area contributed by atoms with Gasteiger partial charge in [-0.15, -0.1) is 0 Å². The number of hydrazine groups is 1. The topological polar surface area (TPSA) is 123 Å². The summed E-state index contributed by atoms with van der Waals surface area (Å²) >= 11 is 0. The van der Waals surface area contributed by atoms with Gasteiger partial charge >= 0.3 is 5.97 Å². The molecule has 98 valence electrons. The van der Waals surface area contributed by atoms with Gasteiger partial charge in [0.05, 0.1) is 0 Å². The van der Waals surface area contributed by atoms with E-state index in [2.05, 4.69) is 4.98 Å². The summed E-state index contributed by atoms with van der Waals surface area (Å²) in [6.45, 7) is 0. The van der Waals surface area contributed by atoms with Crippen LogP contribution in [0.3, 0.4) is 0 Å². The van der Waals surface area contributed by atoms with E-state index in [1.165, 1.54) is 0 Å². The maximum Gasteiger partial charge on any atom is 0.358 e. The number of benzene rings is 1. The highest BCUT2D eigenvalue weighted by atomic mass is 16.5. The van der Waals surface area contributed by atoms with Crippen LogP contribution >= 0.6 is 0 Å². The lowest BCUT2D eigenvalue weighted by atomic mass is 10.2. The summed E-state index contributed by atoms with van der Waals surface area (Å²) < 4.78 is 5.24. The maximum atomic E-state index is 10.8. The van der Waals surface area contributed by atoms with E-state index < -0.39 is 11.7 Å². The Kier molecular flexibility index (Phi) is 3.48. The van der Waals surface area contributed by atoms with E-state index in [0.717, 1.165) is 10.8 Å². The Morgan fingerprint density at radius 1 is 1.32 bits per heavy atom. The van der Waals surface area contributed by atoms with Gasteiger partial charge in [-0.25, -0.2) is 4.79 Å². The molecule has 0 radical (unpaired) electrons. The number of carboxylic acids is 1. The van der Waals surface area contributed by atoms with Crippen molar-refractivity contribution in [1.82, 2.24) is 10.4 Å². The quantitative estimate of drug-likeness (QED) is 0.269. The molecule has 0 bridgehead atoms. The van der Waals surface area contributed by atoms with Gasteiger partial charge in [0.15, 0.2) is 5.70 Å². The van der Waals surface area contributed by atoms with E-state index in [-0.39, 0.29) is 5.88 Å². The molecule has 2 rings (SSSR count). The second-order valence-corrected chi connectivity index (χ2v) is 3.68. The molecule has 0 aliphatic rings. The van der Waals surface area contributed by atoms with Crippen LogP contribution in [0, 0.1) is 0 Å². The lowest BCUT2D eigenvalue weighted by Gasteiger charge is -2.09. The molecule has 0 saturated heterocycles. The van der Waals surface area contributed by atoms with Gasteiger partial charge in [0.25, 0.3) is 0 Å². The minimum absolute atomic E-state index is 0.321. The van der Waals surface area contributed by atoms with Crippen molar-refractivity contribution in [2.45, 2.75) is 0 Å². The first-order valence-electron chi connectivity index (χ1n) is 5.33. The van der Waals surface area contributed by atoms with Gasteiger partial charge in [-0.1, -0.05) is 6.07 Å². The number of nitrogens with two attached hydrogens (primary N) is 2. The third-order valence-electron chi connectivity index (χ3n) is 2.44. The number of aliphatic carboxylic acids is 1. The number of nitrogens with one attached hydrogen (secondary N) is 1. The summed E-state index contributed by atoms with van der Waals surface area (Å²) in [7, 11) is 0. The Bertz CT molecular complexity index is 654. The first-order chi connectivity index (χ1) is 9.11. The monoisotopic (exact) mass is 260 g/mol. The van der Waals surface area contributed by atoms with E-state index in [4.69, 9.17) is 21.4 Å². The van der Waals surface area contributed by atoms with Crippen molar-refractivity contribution >= 4 is 16.7 Å². The normalized spacial score (nSPS) is 11.8. The number of carbonyl (C=O) groups is 1. The predicted octanol–water partition coefficient (Wildman–Crippen LogP) is 0.289. The molecule has 19 heavy (non-hydrogen) atoms. The Labute approximate surface area is 108 Å². The fourth-order valence-corrected chi connectivity index (χ4v) is 1.54. The van der Waals surface area contributed by atoms with Crippen molar-refractivity contribution in [3.05, 3.63) is 48.2 Å². The van der Waals surface area contributed by atoms with E-state index in [1.807, 2.05) is 17.6 Å². The van der Waals surface area contributed by atoms with E-state index in [9.17, 15) is 4.79 Å². The third kappa shape index (κ3) is 2.72. The highest BCUT2D eigenvalue weighted by molar-refractivity contribution is 5.86. The van der Waals surface area contributed by atoms with Gasteiger partial charge in [-0.3, -0.25) is 10.8 Å². The molecule has 2 aromatic rings. The SMILES string of the molecule is NN/C(C(=O)O)=C(\N)Oc1ccc2ccncc2c1. The number of fused-ring (bicyclic) bond motifs is 1. The third-order valence-corrected chi connectivity index (χ3v) is 2.44. The zero-order valence-corrected chi connectivity index (χ0v) is 9.83. The molecule has 1 aromatic carbocycles. The largest absolute Gasteiger partial charge is 0.476 e. The van der Waals surface area contributed by atoms with Crippen LogP contribution in [0.4, 0.5) is 0 Å². The Hall–Kier alpha value is -2.80. The first kappa shape index (κ1) is 12.7. The number of rotatable bonds is 4. The fraction of sp³-hybridized carbons (Fsp3) is 0. The number of carboxylic acid groups (broad SMARTS) is 1. The molecular formula is C12H12N4O3. The van der Waals surface area contributed by atoms with Crippen LogP contribution in [-0.2, 0) is 4.79 Å². The van der Waals surface area contributed by atoms with Crippen molar-refractivity contribution in [1.29, 1.82) is 0 Å². The predicted molar refractivity (Wildman–Crippen MR) is 68.5 cm³/mol. The number of nitrogens with zero attached hydrogens (tertiary/aromatic N) is 1. The molecule has 0 fully saturated rings. The van der Waals surface area contributed by atoms with Gasteiger partial charge in [0.1, 0.15) is 5.75 Å². The minimum Gasteiger partial charge on any atom is -0.476 e. The molecule has 0 saturated carbocycles. The van der Waals surface area contributed by atoms with Gasteiger partial charge in [-0.2, -0.15) is 0 Å². The number of hydrogen-bond acceptors (Lipinski definition) is 6. The smallest absolute Gasteiger partial charge is 0.358 e. The Morgan fingerprint density at radius 3 is 2.79 bits per heavy atom. The van der Waals surface area contributed by atoms with Gasteiger partial charge in [0.2, 0.25) is 5.88 Å². The van der Waals surface area contributed by atoms with Crippen LogP contribution in [-0.4, -0.2) is 16.1 Å². The lowest BCUT2D eigenvalue weighted by Crippen LogP contribution is -2.31. The van der Waals surface area contributed by atoms with E-state index in [1.54, 1.807) is 24.5 Å². The molecular weight excluding hydrogens is 248 g/mol. The summed E-state index contributed by atoms with van der Waals surface area (Å²) in [4.78, 5) is 14.8. The second kappa shape index (κ2) is 5.23. The molecule has 7 heteroatoms. The van der Waals surface area contributed by atoms with Gasteiger partial charge < -0.3 is 21.0 Å². The zero-order chi connectivity index (χ0) is 13.8. The minimum atomic E-state index is -1.30.